The summed E-state index contributed by atoms with van der Waals surface area (Å²) in [5.41, 5.74) is 0.207. The maximum Gasteiger partial charge on any atom is 0.137 e. The van der Waals surface area contributed by atoms with Gasteiger partial charge in [0.15, 0.2) is 0 Å². The van der Waals surface area contributed by atoms with E-state index in [1.165, 1.54) is 0 Å². The summed E-state index contributed by atoms with van der Waals surface area (Å²) in [6.07, 6.45) is 3.59. The molecule has 0 aromatic carbocycles. The van der Waals surface area contributed by atoms with E-state index in [-0.39, 0.29) is 0 Å². The molecule has 0 amide bonds. The predicted octanol–water partition coefficient (Wildman–Crippen LogP) is 0.232. The molecule has 1 fully saturated rings. The lowest BCUT2D eigenvalue weighted by atomic mass is 9.95. The summed E-state index contributed by atoms with van der Waals surface area (Å²) in [4.78, 5) is 2.89. The third-order valence-corrected chi connectivity index (χ3v) is 1.82. The van der Waals surface area contributed by atoms with Crippen LogP contribution in [0.4, 0.5) is 0 Å². The first kappa shape index (κ1) is 5.95. The van der Waals surface area contributed by atoms with E-state index in [2.05, 4.69) is 4.98 Å². The van der Waals surface area contributed by atoms with Gasteiger partial charge in [-0.05, 0) is 6.07 Å². The van der Waals surface area contributed by atoms with E-state index in [0.29, 0.717) is 13.2 Å². The fraction of sp³-hybridized carbons (Fsp3) is 0.429. The van der Waals surface area contributed by atoms with Gasteiger partial charge in [0.2, 0.25) is 0 Å². The second-order valence-corrected chi connectivity index (χ2v) is 2.62. The van der Waals surface area contributed by atoms with Gasteiger partial charge in [-0.1, -0.05) is 0 Å². The minimum atomic E-state index is -0.708. The molecule has 54 valence electrons. The number of aliphatic hydroxyl groups is 1. The highest BCUT2D eigenvalue weighted by Crippen LogP contribution is 2.28. The van der Waals surface area contributed by atoms with Crippen LogP contribution in [0.5, 0.6) is 0 Å². The van der Waals surface area contributed by atoms with Crippen LogP contribution in [0, 0.1) is 0 Å². The standard InChI is InChI=1S/C7H9NO2/c9-7(4-10-5-7)6-1-2-8-3-6/h1-3,8-9H,4-5H2. The largest absolute Gasteiger partial charge is 0.380 e. The molecule has 0 aliphatic carbocycles. The van der Waals surface area contributed by atoms with E-state index in [9.17, 15) is 5.11 Å². The van der Waals surface area contributed by atoms with Gasteiger partial charge in [-0.2, -0.15) is 0 Å². The second kappa shape index (κ2) is 1.84. The molecule has 1 aromatic heterocycles. The summed E-state index contributed by atoms with van der Waals surface area (Å²) in [5, 5.41) is 9.63. The van der Waals surface area contributed by atoms with Crippen LogP contribution in [-0.4, -0.2) is 23.3 Å². The van der Waals surface area contributed by atoms with Crippen molar-refractivity contribution in [2.24, 2.45) is 0 Å². The molecule has 1 saturated heterocycles. The van der Waals surface area contributed by atoms with Crippen molar-refractivity contribution >= 4 is 0 Å². The molecule has 0 unspecified atom stereocenters. The molecule has 3 nitrogen and oxygen atoms in total. The van der Waals surface area contributed by atoms with E-state index < -0.39 is 5.60 Å². The average Bonchev–Trinajstić information content (AvgIpc) is 2.33. The van der Waals surface area contributed by atoms with Crippen LogP contribution in [0.3, 0.4) is 0 Å². The van der Waals surface area contributed by atoms with Crippen LogP contribution < -0.4 is 0 Å². The number of hydrogen-bond acceptors (Lipinski definition) is 2. The van der Waals surface area contributed by atoms with Gasteiger partial charge in [0, 0.05) is 18.0 Å². The average molecular weight is 139 g/mol. The lowest BCUT2D eigenvalue weighted by molar-refractivity contribution is -0.184. The van der Waals surface area contributed by atoms with E-state index in [1.807, 2.05) is 6.07 Å². The Balaban J connectivity index is 2.27. The lowest BCUT2D eigenvalue weighted by Gasteiger charge is -2.35. The Kier molecular flexibility index (Phi) is 1.09. The van der Waals surface area contributed by atoms with E-state index in [4.69, 9.17) is 4.74 Å². The van der Waals surface area contributed by atoms with Crippen molar-refractivity contribution in [2.45, 2.75) is 5.60 Å². The summed E-state index contributed by atoms with van der Waals surface area (Å²) < 4.78 is 4.90. The molecule has 1 aromatic rings. The summed E-state index contributed by atoms with van der Waals surface area (Å²) in [6.45, 7) is 0.843. The highest BCUT2D eigenvalue weighted by molar-refractivity contribution is 5.20. The maximum absolute atomic E-state index is 9.63. The summed E-state index contributed by atoms with van der Waals surface area (Å²) in [5.74, 6) is 0. The van der Waals surface area contributed by atoms with Gasteiger partial charge in [0.05, 0.1) is 13.2 Å². The molecule has 1 aliphatic heterocycles. The predicted molar refractivity (Wildman–Crippen MR) is 35.5 cm³/mol. The smallest absolute Gasteiger partial charge is 0.137 e. The molecule has 2 N–H and O–H groups in total. The third-order valence-electron chi connectivity index (χ3n) is 1.82. The van der Waals surface area contributed by atoms with Crippen molar-refractivity contribution < 1.29 is 9.84 Å². The van der Waals surface area contributed by atoms with Crippen molar-refractivity contribution in [3.63, 3.8) is 0 Å². The number of nitrogens with one attached hydrogen (secondary N) is 1. The molecule has 2 rings (SSSR count). The summed E-state index contributed by atoms with van der Waals surface area (Å²) in [6, 6.07) is 1.86. The summed E-state index contributed by atoms with van der Waals surface area (Å²) in [7, 11) is 0. The van der Waals surface area contributed by atoms with Crippen molar-refractivity contribution in [3.05, 3.63) is 24.0 Å². The Hall–Kier alpha value is -0.800. The van der Waals surface area contributed by atoms with Gasteiger partial charge in [0.1, 0.15) is 5.60 Å². The van der Waals surface area contributed by atoms with Crippen molar-refractivity contribution in [3.8, 4) is 0 Å². The molecule has 1 aliphatic rings. The van der Waals surface area contributed by atoms with Crippen LogP contribution in [0.2, 0.25) is 0 Å². The number of ether oxygens (including phenoxy) is 1. The summed E-state index contributed by atoms with van der Waals surface area (Å²) >= 11 is 0. The van der Waals surface area contributed by atoms with Crippen LogP contribution in [0.1, 0.15) is 5.56 Å². The molecule has 0 atom stereocenters. The topological polar surface area (TPSA) is 45.2 Å². The molecule has 0 saturated carbocycles. The minimum Gasteiger partial charge on any atom is -0.380 e. The highest BCUT2D eigenvalue weighted by Gasteiger charge is 2.38. The van der Waals surface area contributed by atoms with Crippen molar-refractivity contribution in [1.82, 2.24) is 4.98 Å². The van der Waals surface area contributed by atoms with E-state index in [1.54, 1.807) is 12.4 Å². The highest BCUT2D eigenvalue weighted by atomic mass is 16.5. The van der Waals surface area contributed by atoms with Gasteiger partial charge in [0.25, 0.3) is 0 Å². The lowest BCUT2D eigenvalue weighted by Crippen LogP contribution is -2.46. The van der Waals surface area contributed by atoms with E-state index >= 15 is 0 Å². The quantitative estimate of drug-likeness (QED) is 0.585. The van der Waals surface area contributed by atoms with Gasteiger partial charge in [-0.3, -0.25) is 0 Å². The molecule has 10 heavy (non-hydrogen) atoms. The number of rotatable bonds is 1. The molecular formula is C7H9NO2. The van der Waals surface area contributed by atoms with Crippen LogP contribution >= 0.6 is 0 Å². The zero-order valence-corrected chi connectivity index (χ0v) is 5.50. The Labute approximate surface area is 58.6 Å². The second-order valence-electron chi connectivity index (χ2n) is 2.62. The van der Waals surface area contributed by atoms with Gasteiger partial charge in [-0.15, -0.1) is 0 Å². The fourth-order valence-electron chi connectivity index (χ4n) is 1.08. The molecule has 3 heteroatoms. The van der Waals surface area contributed by atoms with Gasteiger partial charge >= 0.3 is 0 Å². The number of hydrogen-bond donors (Lipinski definition) is 2. The van der Waals surface area contributed by atoms with Crippen molar-refractivity contribution in [1.29, 1.82) is 0 Å². The van der Waals surface area contributed by atoms with Crippen LogP contribution in [-0.2, 0) is 10.3 Å². The first-order valence-electron chi connectivity index (χ1n) is 3.25. The minimum absolute atomic E-state index is 0.421. The fourth-order valence-corrected chi connectivity index (χ4v) is 1.08. The molecule has 0 spiro atoms. The first-order chi connectivity index (χ1) is 4.81. The zero-order valence-electron chi connectivity index (χ0n) is 5.50. The Bertz CT molecular complexity index is 214. The normalized spacial score (nSPS) is 22.1. The SMILES string of the molecule is OC1(c2cc[nH]c2)COC1. The zero-order chi connectivity index (χ0) is 7.03. The molecule has 2 heterocycles. The van der Waals surface area contributed by atoms with E-state index in [0.717, 1.165) is 5.56 Å². The monoisotopic (exact) mass is 139 g/mol. The number of aromatic nitrogens is 1. The van der Waals surface area contributed by atoms with Crippen LogP contribution in [0.15, 0.2) is 18.5 Å². The van der Waals surface area contributed by atoms with Crippen molar-refractivity contribution in [2.75, 3.05) is 13.2 Å². The van der Waals surface area contributed by atoms with Gasteiger partial charge < -0.3 is 14.8 Å². The Morgan fingerprint density at radius 2 is 2.40 bits per heavy atom. The number of aromatic amines is 1. The molecule has 0 bridgehead atoms. The first-order valence-corrected chi connectivity index (χ1v) is 3.25. The number of H-pyrrole nitrogens is 1. The van der Waals surface area contributed by atoms with Gasteiger partial charge in [-0.25, -0.2) is 0 Å². The molecule has 0 radical (unpaired) electrons. The maximum atomic E-state index is 9.63. The Morgan fingerprint density at radius 3 is 2.80 bits per heavy atom. The third kappa shape index (κ3) is 0.678. The Morgan fingerprint density at radius 1 is 1.60 bits per heavy atom. The molecular weight excluding hydrogens is 130 g/mol. The van der Waals surface area contributed by atoms with Crippen LogP contribution in [0.25, 0.3) is 0 Å².